The van der Waals surface area contributed by atoms with Gasteiger partial charge in [0.05, 0.1) is 6.54 Å². The van der Waals surface area contributed by atoms with E-state index < -0.39 is 0 Å². The van der Waals surface area contributed by atoms with Gasteiger partial charge in [-0.15, -0.1) is 0 Å². The van der Waals surface area contributed by atoms with E-state index in [0.29, 0.717) is 6.54 Å². The molecule has 1 aromatic carbocycles. The van der Waals surface area contributed by atoms with Crippen LogP contribution in [-0.4, -0.2) is 23.4 Å². The molecule has 0 unspecified atom stereocenters. The Morgan fingerprint density at radius 3 is 2.50 bits per heavy atom. The number of Topliss-reactive ketones (excluding diaryl/α,β-unsaturated/α-hetero) is 1. The monoisotopic (exact) mass is 242 g/mol. The van der Waals surface area contributed by atoms with Gasteiger partial charge in [0.15, 0.2) is 5.78 Å². The maximum atomic E-state index is 12.1. The molecule has 0 N–H and O–H groups in total. The van der Waals surface area contributed by atoms with Crippen molar-refractivity contribution in [1.29, 1.82) is 0 Å². The van der Waals surface area contributed by atoms with Gasteiger partial charge in [-0.1, -0.05) is 18.2 Å². The number of likely N-dealkylation sites (N-methyl/N-ethyl adjacent to an activating group) is 1. The number of aryl methyl sites for hydroxylation is 1. The van der Waals surface area contributed by atoms with E-state index >= 15 is 0 Å². The Bertz CT molecular complexity index is 516. The predicted octanol–water partition coefficient (Wildman–Crippen LogP) is 2.73. The molecule has 0 bridgehead atoms. The fourth-order valence-electron chi connectivity index (χ4n) is 1.96. The second kappa shape index (κ2) is 5.54. The van der Waals surface area contributed by atoms with E-state index in [2.05, 4.69) is 11.8 Å². The zero-order valence-electron chi connectivity index (χ0n) is 10.8. The molecule has 0 radical (unpaired) electrons. The van der Waals surface area contributed by atoms with Gasteiger partial charge in [-0.3, -0.25) is 4.79 Å². The molecule has 0 aliphatic carbocycles. The second-order valence-electron chi connectivity index (χ2n) is 4.34. The molecule has 0 atom stereocenters. The average molecular weight is 242 g/mol. The Balaban J connectivity index is 2.10. The predicted molar refractivity (Wildman–Crippen MR) is 74.1 cm³/mol. The van der Waals surface area contributed by atoms with Crippen LogP contribution in [-0.2, 0) is 7.05 Å². The Hall–Kier alpha value is -2.03. The van der Waals surface area contributed by atoms with E-state index in [4.69, 9.17) is 0 Å². The van der Waals surface area contributed by atoms with Crippen LogP contribution in [0.15, 0.2) is 48.8 Å². The number of benzene rings is 1. The number of nitrogens with zero attached hydrogens (tertiary/aromatic N) is 2. The maximum Gasteiger partial charge on any atom is 0.183 e. The van der Waals surface area contributed by atoms with Crippen LogP contribution < -0.4 is 4.90 Å². The van der Waals surface area contributed by atoms with Gasteiger partial charge < -0.3 is 9.47 Å². The summed E-state index contributed by atoms with van der Waals surface area (Å²) in [5, 5.41) is 0. The quantitative estimate of drug-likeness (QED) is 0.753. The zero-order chi connectivity index (χ0) is 13.0. The highest BCUT2D eigenvalue weighted by Gasteiger charge is 2.12. The summed E-state index contributed by atoms with van der Waals surface area (Å²) in [4.78, 5) is 14.2. The number of aromatic nitrogens is 1. The number of para-hydroxylation sites is 1. The third-order valence-electron chi connectivity index (χ3n) is 2.99. The van der Waals surface area contributed by atoms with E-state index in [9.17, 15) is 4.79 Å². The zero-order valence-corrected chi connectivity index (χ0v) is 10.8. The van der Waals surface area contributed by atoms with Crippen LogP contribution in [0.5, 0.6) is 0 Å². The first kappa shape index (κ1) is 12.4. The van der Waals surface area contributed by atoms with E-state index in [-0.39, 0.29) is 5.78 Å². The molecular weight excluding hydrogens is 224 g/mol. The van der Waals surface area contributed by atoms with Crippen LogP contribution in [0.4, 0.5) is 5.69 Å². The van der Waals surface area contributed by atoms with Crippen molar-refractivity contribution in [2.75, 3.05) is 18.0 Å². The maximum absolute atomic E-state index is 12.1. The average Bonchev–Trinajstić information content (AvgIpc) is 2.83. The second-order valence-corrected chi connectivity index (χ2v) is 4.34. The van der Waals surface area contributed by atoms with Crippen molar-refractivity contribution in [2.45, 2.75) is 6.92 Å². The lowest BCUT2D eigenvalue weighted by molar-refractivity contribution is 0.0999. The molecule has 3 heteroatoms. The van der Waals surface area contributed by atoms with Gasteiger partial charge >= 0.3 is 0 Å². The van der Waals surface area contributed by atoms with Gasteiger partial charge in [-0.25, -0.2) is 0 Å². The van der Waals surface area contributed by atoms with Gasteiger partial charge in [0.1, 0.15) is 0 Å². The summed E-state index contributed by atoms with van der Waals surface area (Å²) in [6.07, 6.45) is 3.76. The minimum Gasteiger partial charge on any atom is -0.364 e. The fourth-order valence-corrected chi connectivity index (χ4v) is 1.96. The van der Waals surface area contributed by atoms with E-state index in [1.807, 2.05) is 60.4 Å². The van der Waals surface area contributed by atoms with Gasteiger partial charge in [0.2, 0.25) is 0 Å². The molecule has 0 spiro atoms. The van der Waals surface area contributed by atoms with Crippen LogP contribution >= 0.6 is 0 Å². The van der Waals surface area contributed by atoms with E-state index in [1.165, 1.54) is 0 Å². The van der Waals surface area contributed by atoms with Crippen molar-refractivity contribution in [3.63, 3.8) is 0 Å². The first-order chi connectivity index (χ1) is 8.70. The van der Waals surface area contributed by atoms with Crippen molar-refractivity contribution in [3.8, 4) is 0 Å². The van der Waals surface area contributed by atoms with Gasteiger partial charge in [0, 0.05) is 37.2 Å². The molecule has 2 aromatic rings. The van der Waals surface area contributed by atoms with Crippen molar-refractivity contribution < 1.29 is 4.79 Å². The normalized spacial score (nSPS) is 10.3. The standard InChI is InChI=1S/C15H18N2O/c1-3-17(14-7-5-4-6-8-14)12-15(18)13-9-10-16(2)11-13/h4-11H,3,12H2,1-2H3. The van der Waals surface area contributed by atoms with Gasteiger partial charge in [0.25, 0.3) is 0 Å². The molecule has 0 aliphatic heterocycles. The first-order valence-electron chi connectivity index (χ1n) is 6.16. The summed E-state index contributed by atoms with van der Waals surface area (Å²) in [5.74, 6) is 0.154. The summed E-state index contributed by atoms with van der Waals surface area (Å²) >= 11 is 0. The first-order valence-corrected chi connectivity index (χ1v) is 6.16. The molecule has 0 amide bonds. The lowest BCUT2D eigenvalue weighted by Gasteiger charge is -2.21. The highest BCUT2D eigenvalue weighted by molar-refractivity contribution is 5.99. The Labute approximate surface area is 108 Å². The molecule has 0 fully saturated rings. The third-order valence-corrected chi connectivity index (χ3v) is 2.99. The van der Waals surface area contributed by atoms with Crippen molar-refractivity contribution in [2.24, 2.45) is 7.05 Å². The number of ketones is 1. The number of anilines is 1. The van der Waals surface area contributed by atoms with Crippen LogP contribution in [0.25, 0.3) is 0 Å². The molecular formula is C15H18N2O. The fraction of sp³-hybridized carbons (Fsp3) is 0.267. The van der Waals surface area contributed by atoms with Crippen molar-refractivity contribution >= 4 is 11.5 Å². The molecule has 1 aromatic heterocycles. The highest BCUT2D eigenvalue weighted by Crippen LogP contribution is 2.13. The molecule has 3 nitrogen and oxygen atoms in total. The topological polar surface area (TPSA) is 25.2 Å². The van der Waals surface area contributed by atoms with Crippen LogP contribution in [0, 0.1) is 0 Å². The number of carbonyl (C=O) groups excluding carboxylic acids is 1. The molecule has 0 aliphatic rings. The van der Waals surface area contributed by atoms with Gasteiger partial charge in [-0.2, -0.15) is 0 Å². The molecule has 18 heavy (non-hydrogen) atoms. The number of hydrogen-bond donors (Lipinski definition) is 0. The minimum absolute atomic E-state index is 0.154. The summed E-state index contributed by atoms with van der Waals surface area (Å²) in [6.45, 7) is 3.30. The van der Waals surface area contributed by atoms with E-state index in [1.54, 1.807) is 0 Å². The van der Waals surface area contributed by atoms with Crippen LogP contribution in [0.3, 0.4) is 0 Å². The molecule has 0 saturated carbocycles. The number of rotatable bonds is 5. The smallest absolute Gasteiger partial charge is 0.183 e. The third kappa shape index (κ3) is 2.80. The summed E-state index contributed by atoms with van der Waals surface area (Å²) < 4.78 is 1.89. The number of hydrogen-bond acceptors (Lipinski definition) is 2. The summed E-state index contributed by atoms with van der Waals surface area (Å²) in [7, 11) is 1.92. The molecule has 1 heterocycles. The minimum atomic E-state index is 0.154. The Morgan fingerprint density at radius 1 is 1.22 bits per heavy atom. The largest absolute Gasteiger partial charge is 0.364 e. The number of carbonyl (C=O) groups is 1. The van der Waals surface area contributed by atoms with Crippen molar-refractivity contribution in [3.05, 3.63) is 54.4 Å². The Kier molecular flexibility index (Phi) is 3.82. The van der Waals surface area contributed by atoms with Crippen molar-refractivity contribution in [1.82, 2.24) is 4.57 Å². The molecule has 0 saturated heterocycles. The lowest BCUT2D eigenvalue weighted by Crippen LogP contribution is -2.29. The van der Waals surface area contributed by atoms with Crippen LogP contribution in [0.2, 0.25) is 0 Å². The molecule has 94 valence electrons. The SMILES string of the molecule is CCN(CC(=O)c1ccn(C)c1)c1ccccc1. The Morgan fingerprint density at radius 2 is 1.94 bits per heavy atom. The lowest BCUT2D eigenvalue weighted by atomic mass is 10.2. The summed E-state index contributed by atoms with van der Waals surface area (Å²) in [5.41, 5.74) is 1.86. The summed E-state index contributed by atoms with van der Waals surface area (Å²) in [6, 6.07) is 11.9. The highest BCUT2D eigenvalue weighted by atomic mass is 16.1. The molecule has 2 rings (SSSR count). The van der Waals surface area contributed by atoms with E-state index in [0.717, 1.165) is 17.8 Å². The van der Waals surface area contributed by atoms with Crippen LogP contribution in [0.1, 0.15) is 17.3 Å². The van der Waals surface area contributed by atoms with Gasteiger partial charge in [-0.05, 0) is 25.1 Å².